The fraction of sp³-hybridized carbons (Fsp3) is 0.429. The van der Waals surface area contributed by atoms with Crippen LogP contribution in [0.15, 0.2) is 24.3 Å². The number of likely N-dealkylation sites (N-methyl/N-ethyl adjacent to an activating group) is 1. The summed E-state index contributed by atoms with van der Waals surface area (Å²) >= 11 is 0. The number of rotatable bonds is 7. The van der Waals surface area contributed by atoms with Gasteiger partial charge in [-0.25, -0.2) is 4.79 Å². The molecular weight excluding hydrogens is 276 g/mol. The predicted molar refractivity (Wildman–Crippen MR) is 77.3 cm³/mol. The molecule has 0 heterocycles. The second-order valence-electron chi connectivity index (χ2n) is 4.69. The van der Waals surface area contributed by atoms with Crippen LogP contribution in [0.5, 0.6) is 0 Å². The fourth-order valence-electron chi connectivity index (χ4n) is 1.74. The van der Waals surface area contributed by atoms with Crippen molar-refractivity contribution in [3.63, 3.8) is 0 Å². The van der Waals surface area contributed by atoms with Gasteiger partial charge in [0, 0.05) is 19.8 Å². The molecule has 0 bridgehead atoms. The first-order valence-electron chi connectivity index (χ1n) is 6.42. The van der Waals surface area contributed by atoms with Gasteiger partial charge in [-0.15, -0.1) is 0 Å². The summed E-state index contributed by atoms with van der Waals surface area (Å²) in [5, 5.41) is 20.9. The van der Waals surface area contributed by atoms with E-state index in [0.29, 0.717) is 11.3 Å². The van der Waals surface area contributed by atoms with Gasteiger partial charge in [0.2, 0.25) is 0 Å². The summed E-state index contributed by atoms with van der Waals surface area (Å²) in [4.78, 5) is 23.8. The summed E-state index contributed by atoms with van der Waals surface area (Å²) in [5.74, 6) is -0.904. The van der Waals surface area contributed by atoms with E-state index in [9.17, 15) is 14.7 Å². The van der Waals surface area contributed by atoms with Crippen molar-refractivity contribution in [1.29, 1.82) is 0 Å². The Morgan fingerprint density at radius 2 is 1.95 bits per heavy atom. The number of methoxy groups -OCH3 is 1. The van der Waals surface area contributed by atoms with Crippen molar-refractivity contribution in [3.8, 4) is 0 Å². The Morgan fingerprint density at radius 3 is 2.48 bits per heavy atom. The zero-order valence-corrected chi connectivity index (χ0v) is 12.1. The lowest BCUT2D eigenvalue weighted by atomic mass is 10.1. The van der Waals surface area contributed by atoms with Crippen molar-refractivity contribution in [2.45, 2.75) is 12.5 Å². The summed E-state index contributed by atoms with van der Waals surface area (Å²) in [5.41, 5.74) is 1.21. The number of nitrogens with zero attached hydrogens (tertiary/aromatic N) is 1. The number of carboxylic acids is 1. The van der Waals surface area contributed by atoms with Crippen LogP contribution in [-0.4, -0.2) is 60.5 Å². The van der Waals surface area contributed by atoms with E-state index in [1.807, 2.05) is 0 Å². The first-order valence-corrected chi connectivity index (χ1v) is 6.42. The summed E-state index contributed by atoms with van der Waals surface area (Å²) in [6, 6.07) is 6.19. The highest BCUT2D eigenvalue weighted by atomic mass is 16.5. The Hall–Kier alpha value is -2.12. The number of aliphatic hydroxyl groups is 1. The fourth-order valence-corrected chi connectivity index (χ4v) is 1.74. The summed E-state index contributed by atoms with van der Waals surface area (Å²) in [7, 11) is 3.04. The monoisotopic (exact) mass is 296 g/mol. The van der Waals surface area contributed by atoms with Gasteiger partial charge < -0.3 is 25.2 Å². The van der Waals surface area contributed by atoms with Crippen LogP contribution in [0.2, 0.25) is 0 Å². The first-order chi connectivity index (χ1) is 9.92. The Bertz CT molecular complexity index is 475. The quantitative estimate of drug-likeness (QED) is 0.690. The van der Waals surface area contributed by atoms with Crippen molar-refractivity contribution in [2.75, 3.05) is 32.6 Å². The molecule has 7 heteroatoms. The number of hydrogen-bond donors (Lipinski definition) is 3. The van der Waals surface area contributed by atoms with E-state index in [1.165, 1.54) is 12.0 Å². The number of carboxylic acid groups (broad SMARTS) is 1. The highest BCUT2D eigenvalue weighted by molar-refractivity contribution is 5.89. The molecule has 0 fully saturated rings. The van der Waals surface area contributed by atoms with Crippen molar-refractivity contribution >= 4 is 17.7 Å². The third kappa shape index (κ3) is 6.24. The molecule has 0 aliphatic heterocycles. The van der Waals surface area contributed by atoms with Gasteiger partial charge in [0.15, 0.2) is 0 Å². The van der Waals surface area contributed by atoms with Gasteiger partial charge in [-0.1, -0.05) is 12.1 Å². The predicted octanol–water partition coefficient (Wildman–Crippen LogP) is 0.785. The van der Waals surface area contributed by atoms with E-state index < -0.39 is 12.1 Å². The second kappa shape index (κ2) is 8.23. The van der Waals surface area contributed by atoms with Crippen molar-refractivity contribution in [1.82, 2.24) is 4.90 Å². The molecule has 0 spiro atoms. The Morgan fingerprint density at radius 1 is 1.33 bits per heavy atom. The van der Waals surface area contributed by atoms with Crippen molar-refractivity contribution in [3.05, 3.63) is 29.8 Å². The van der Waals surface area contributed by atoms with Gasteiger partial charge in [-0.3, -0.25) is 4.79 Å². The number of anilines is 1. The van der Waals surface area contributed by atoms with Crippen molar-refractivity contribution < 1.29 is 24.5 Å². The zero-order valence-electron chi connectivity index (χ0n) is 12.1. The average Bonchev–Trinajstić information content (AvgIpc) is 2.40. The van der Waals surface area contributed by atoms with Crippen LogP contribution >= 0.6 is 0 Å². The number of amides is 2. The number of urea groups is 1. The Balaban J connectivity index is 2.52. The maximum absolute atomic E-state index is 11.9. The molecule has 1 unspecified atom stereocenters. The van der Waals surface area contributed by atoms with E-state index in [1.54, 1.807) is 31.3 Å². The van der Waals surface area contributed by atoms with Crippen LogP contribution in [0.4, 0.5) is 10.5 Å². The molecule has 0 saturated heterocycles. The lowest BCUT2D eigenvalue weighted by Crippen LogP contribution is -2.38. The zero-order chi connectivity index (χ0) is 15.8. The number of aliphatic carboxylic acids is 1. The third-order valence-corrected chi connectivity index (χ3v) is 2.75. The minimum atomic E-state index is -0.904. The average molecular weight is 296 g/mol. The second-order valence-corrected chi connectivity index (χ2v) is 4.69. The van der Waals surface area contributed by atoms with Crippen LogP contribution in [0, 0.1) is 0 Å². The third-order valence-electron chi connectivity index (χ3n) is 2.75. The van der Waals surface area contributed by atoms with Gasteiger partial charge in [-0.05, 0) is 17.7 Å². The molecule has 2 amide bonds. The van der Waals surface area contributed by atoms with E-state index in [4.69, 9.17) is 9.84 Å². The molecule has 1 aromatic rings. The largest absolute Gasteiger partial charge is 0.481 e. The maximum Gasteiger partial charge on any atom is 0.321 e. The highest BCUT2D eigenvalue weighted by Gasteiger charge is 2.13. The Labute approximate surface area is 123 Å². The van der Waals surface area contributed by atoms with E-state index in [-0.39, 0.29) is 25.6 Å². The van der Waals surface area contributed by atoms with Crippen LogP contribution in [0.25, 0.3) is 0 Å². The van der Waals surface area contributed by atoms with E-state index in [0.717, 1.165) is 0 Å². The van der Waals surface area contributed by atoms with Gasteiger partial charge in [0.25, 0.3) is 0 Å². The summed E-state index contributed by atoms with van der Waals surface area (Å²) in [6.45, 7) is 0.304. The van der Waals surface area contributed by atoms with E-state index >= 15 is 0 Å². The maximum atomic E-state index is 11.9. The molecule has 0 aliphatic rings. The van der Waals surface area contributed by atoms with Crippen LogP contribution in [0.3, 0.4) is 0 Å². The standard InChI is InChI=1S/C14H20N2O5/c1-16(8-12(17)9-21-2)14(20)15-11-5-3-10(4-6-11)7-13(18)19/h3-6,12,17H,7-9H2,1-2H3,(H,15,20)(H,18,19). The lowest BCUT2D eigenvalue weighted by Gasteiger charge is -2.21. The molecule has 0 aliphatic carbocycles. The number of carbonyl (C=O) groups is 2. The molecule has 116 valence electrons. The number of ether oxygens (including phenoxy) is 1. The summed E-state index contributed by atoms with van der Waals surface area (Å²) in [6.07, 6.45) is -0.805. The van der Waals surface area contributed by atoms with Crippen LogP contribution in [0.1, 0.15) is 5.56 Å². The van der Waals surface area contributed by atoms with Crippen molar-refractivity contribution in [2.24, 2.45) is 0 Å². The number of aliphatic hydroxyl groups excluding tert-OH is 1. The van der Waals surface area contributed by atoms with Gasteiger partial charge in [0.1, 0.15) is 0 Å². The minimum absolute atomic E-state index is 0.0582. The first kappa shape index (κ1) is 16.9. The van der Waals surface area contributed by atoms with Gasteiger partial charge in [0.05, 0.1) is 25.7 Å². The smallest absolute Gasteiger partial charge is 0.321 e. The summed E-state index contributed by atoms with van der Waals surface area (Å²) < 4.78 is 4.79. The lowest BCUT2D eigenvalue weighted by molar-refractivity contribution is -0.136. The molecule has 7 nitrogen and oxygen atoms in total. The number of carbonyl (C=O) groups excluding carboxylic acids is 1. The molecule has 0 radical (unpaired) electrons. The van der Waals surface area contributed by atoms with Gasteiger partial charge in [-0.2, -0.15) is 0 Å². The Kier molecular flexibility index (Phi) is 6.64. The normalized spacial score (nSPS) is 11.8. The minimum Gasteiger partial charge on any atom is -0.481 e. The molecule has 1 aromatic carbocycles. The SMILES string of the molecule is COCC(O)CN(C)C(=O)Nc1ccc(CC(=O)O)cc1. The highest BCUT2D eigenvalue weighted by Crippen LogP contribution is 2.11. The molecule has 1 atom stereocenters. The molecule has 3 N–H and O–H groups in total. The molecule has 1 rings (SSSR count). The number of nitrogens with one attached hydrogen (secondary N) is 1. The molecular formula is C14H20N2O5. The molecule has 21 heavy (non-hydrogen) atoms. The van der Waals surface area contributed by atoms with Gasteiger partial charge >= 0.3 is 12.0 Å². The molecule has 0 aromatic heterocycles. The van der Waals surface area contributed by atoms with Crippen LogP contribution < -0.4 is 5.32 Å². The van der Waals surface area contributed by atoms with E-state index in [2.05, 4.69) is 5.32 Å². The number of benzene rings is 1. The number of hydrogen-bond acceptors (Lipinski definition) is 4. The topological polar surface area (TPSA) is 99.1 Å². The van der Waals surface area contributed by atoms with Crippen LogP contribution in [-0.2, 0) is 16.0 Å². The molecule has 0 saturated carbocycles.